The fourth-order valence-corrected chi connectivity index (χ4v) is 1.68. The van der Waals surface area contributed by atoms with E-state index < -0.39 is 0 Å². The van der Waals surface area contributed by atoms with E-state index in [1.807, 2.05) is 0 Å². The SMILES string of the molecule is CC(C)(C)CCNCC1CNCC1O.Cl. The van der Waals surface area contributed by atoms with Gasteiger partial charge in [-0.05, 0) is 18.4 Å². The number of hydrogen-bond donors (Lipinski definition) is 3. The third kappa shape index (κ3) is 6.36. The maximum atomic E-state index is 9.55. The summed E-state index contributed by atoms with van der Waals surface area (Å²) in [5.41, 5.74) is 0.402. The third-order valence-electron chi connectivity index (χ3n) is 2.76. The molecule has 1 rings (SSSR count). The molecule has 1 aliphatic heterocycles. The second-order valence-corrected chi connectivity index (χ2v) is 5.50. The van der Waals surface area contributed by atoms with Crippen molar-refractivity contribution in [3.05, 3.63) is 0 Å². The highest BCUT2D eigenvalue weighted by atomic mass is 35.5. The van der Waals surface area contributed by atoms with Gasteiger partial charge in [0.15, 0.2) is 0 Å². The Morgan fingerprint density at radius 3 is 2.47 bits per heavy atom. The molecular formula is C11H25ClN2O. The van der Waals surface area contributed by atoms with Crippen LogP contribution in [0.5, 0.6) is 0 Å². The van der Waals surface area contributed by atoms with Gasteiger partial charge in [-0.1, -0.05) is 20.8 Å². The van der Waals surface area contributed by atoms with E-state index in [2.05, 4.69) is 31.4 Å². The molecule has 2 unspecified atom stereocenters. The fourth-order valence-electron chi connectivity index (χ4n) is 1.68. The van der Waals surface area contributed by atoms with Crippen LogP contribution in [0.1, 0.15) is 27.2 Å². The molecule has 1 heterocycles. The first-order valence-corrected chi connectivity index (χ1v) is 5.58. The summed E-state index contributed by atoms with van der Waals surface area (Å²) in [6.07, 6.45) is 1.03. The molecule has 0 aromatic heterocycles. The van der Waals surface area contributed by atoms with Crippen LogP contribution in [-0.2, 0) is 0 Å². The summed E-state index contributed by atoms with van der Waals surface area (Å²) in [6.45, 7) is 10.4. The lowest BCUT2D eigenvalue weighted by atomic mass is 9.92. The van der Waals surface area contributed by atoms with Crippen molar-refractivity contribution in [2.75, 3.05) is 26.2 Å². The van der Waals surface area contributed by atoms with Crippen LogP contribution in [0.2, 0.25) is 0 Å². The second kappa shape index (κ2) is 6.69. The van der Waals surface area contributed by atoms with Crippen molar-refractivity contribution in [3.8, 4) is 0 Å². The average Bonchev–Trinajstić information content (AvgIpc) is 2.44. The van der Waals surface area contributed by atoms with Gasteiger partial charge >= 0.3 is 0 Å². The van der Waals surface area contributed by atoms with Gasteiger partial charge in [0, 0.05) is 25.6 Å². The van der Waals surface area contributed by atoms with E-state index in [1.165, 1.54) is 6.42 Å². The molecule has 0 aliphatic carbocycles. The van der Waals surface area contributed by atoms with Crippen LogP contribution in [0.15, 0.2) is 0 Å². The normalized spacial score (nSPS) is 26.4. The number of rotatable bonds is 4. The molecule has 0 amide bonds. The predicted molar refractivity (Wildman–Crippen MR) is 66.6 cm³/mol. The first-order chi connectivity index (χ1) is 6.49. The molecule has 0 radical (unpaired) electrons. The molecule has 0 spiro atoms. The van der Waals surface area contributed by atoms with Gasteiger partial charge in [-0.3, -0.25) is 0 Å². The fraction of sp³-hybridized carbons (Fsp3) is 1.00. The van der Waals surface area contributed by atoms with Gasteiger partial charge in [0.05, 0.1) is 6.10 Å². The van der Waals surface area contributed by atoms with E-state index in [-0.39, 0.29) is 18.5 Å². The van der Waals surface area contributed by atoms with Crippen LogP contribution in [-0.4, -0.2) is 37.4 Å². The summed E-state index contributed by atoms with van der Waals surface area (Å²) in [6, 6.07) is 0. The van der Waals surface area contributed by atoms with Crippen molar-refractivity contribution in [1.82, 2.24) is 10.6 Å². The summed E-state index contributed by atoms with van der Waals surface area (Å²) in [5, 5.41) is 16.1. The summed E-state index contributed by atoms with van der Waals surface area (Å²) in [5.74, 6) is 0.398. The zero-order valence-electron chi connectivity index (χ0n) is 10.0. The molecule has 4 heteroatoms. The molecule has 0 bridgehead atoms. The van der Waals surface area contributed by atoms with Crippen molar-refractivity contribution >= 4 is 12.4 Å². The molecule has 0 saturated carbocycles. The first kappa shape index (κ1) is 15.2. The number of aliphatic hydroxyl groups is 1. The number of halogens is 1. The van der Waals surface area contributed by atoms with E-state index in [0.717, 1.165) is 26.2 Å². The van der Waals surface area contributed by atoms with Crippen molar-refractivity contribution < 1.29 is 5.11 Å². The highest BCUT2D eigenvalue weighted by Gasteiger charge is 2.24. The molecule has 0 aromatic rings. The Morgan fingerprint density at radius 2 is 2.00 bits per heavy atom. The molecule has 3 nitrogen and oxygen atoms in total. The van der Waals surface area contributed by atoms with Crippen molar-refractivity contribution in [1.29, 1.82) is 0 Å². The van der Waals surface area contributed by atoms with E-state index in [1.54, 1.807) is 0 Å². The topological polar surface area (TPSA) is 44.3 Å². The zero-order chi connectivity index (χ0) is 10.6. The van der Waals surface area contributed by atoms with Crippen LogP contribution < -0.4 is 10.6 Å². The standard InChI is InChI=1S/C11H24N2O.ClH/c1-11(2,3)4-5-12-6-9-7-13-8-10(9)14;/h9-10,12-14H,4-8H2,1-3H3;1H. The number of nitrogens with one attached hydrogen (secondary N) is 2. The average molecular weight is 237 g/mol. The minimum absolute atomic E-state index is 0. The summed E-state index contributed by atoms with van der Waals surface area (Å²) >= 11 is 0. The summed E-state index contributed by atoms with van der Waals surface area (Å²) in [4.78, 5) is 0. The highest BCUT2D eigenvalue weighted by Crippen LogP contribution is 2.17. The van der Waals surface area contributed by atoms with Crippen LogP contribution in [0.25, 0.3) is 0 Å². The molecular weight excluding hydrogens is 212 g/mol. The van der Waals surface area contributed by atoms with Crippen LogP contribution in [0, 0.1) is 11.3 Å². The zero-order valence-corrected chi connectivity index (χ0v) is 10.9. The van der Waals surface area contributed by atoms with E-state index in [0.29, 0.717) is 11.3 Å². The highest BCUT2D eigenvalue weighted by molar-refractivity contribution is 5.85. The van der Waals surface area contributed by atoms with Gasteiger partial charge < -0.3 is 15.7 Å². The van der Waals surface area contributed by atoms with Crippen LogP contribution in [0.3, 0.4) is 0 Å². The Kier molecular flexibility index (Phi) is 6.76. The molecule has 3 N–H and O–H groups in total. The first-order valence-electron chi connectivity index (χ1n) is 5.58. The Bertz CT molecular complexity index is 170. The second-order valence-electron chi connectivity index (χ2n) is 5.50. The lowest BCUT2D eigenvalue weighted by Gasteiger charge is -2.19. The summed E-state index contributed by atoms with van der Waals surface area (Å²) < 4.78 is 0. The van der Waals surface area contributed by atoms with E-state index in [4.69, 9.17) is 0 Å². The lowest BCUT2D eigenvalue weighted by Crippen LogP contribution is -2.32. The Hall–Kier alpha value is 0.170. The number of hydrogen-bond acceptors (Lipinski definition) is 3. The van der Waals surface area contributed by atoms with Crippen molar-refractivity contribution in [2.45, 2.75) is 33.3 Å². The molecule has 0 aromatic carbocycles. The smallest absolute Gasteiger partial charge is 0.0716 e. The summed E-state index contributed by atoms with van der Waals surface area (Å²) in [7, 11) is 0. The number of β-amino-alcohol motifs (C(OH)–C–C–N with tert-alkyl or cyclic N) is 1. The molecule has 1 saturated heterocycles. The minimum Gasteiger partial charge on any atom is -0.391 e. The largest absolute Gasteiger partial charge is 0.391 e. The van der Waals surface area contributed by atoms with Gasteiger partial charge in [-0.2, -0.15) is 0 Å². The third-order valence-corrected chi connectivity index (χ3v) is 2.76. The Balaban J connectivity index is 0.00000196. The molecule has 2 atom stereocenters. The quantitative estimate of drug-likeness (QED) is 0.639. The molecule has 15 heavy (non-hydrogen) atoms. The van der Waals surface area contributed by atoms with Gasteiger partial charge in [0.2, 0.25) is 0 Å². The van der Waals surface area contributed by atoms with E-state index >= 15 is 0 Å². The number of aliphatic hydroxyl groups excluding tert-OH is 1. The minimum atomic E-state index is -0.155. The molecule has 92 valence electrons. The Labute approximate surface area is 99.4 Å². The monoisotopic (exact) mass is 236 g/mol. The van der Waals surface area contributed by atoms with Crippen molar-refractivity contribution in [3.63, 3.8) is 0 Å². The van der Waals surface area contributed by atoms with Crippen molar-refractivity contribution in [2.24, 2.45) is 11.3 Å². The van der Waals surface area contributed by atoms with Gasteiger partial charge in [0.1, 0.15) is 0 Å². The van der Waals surface area contributed by atoms with Crippen LogP contribution in [0.4, 0.5) is 0 Å². The Morgan fingerprint density at radius 1 is 1.33 bits per heavy atom. The molecule has 1 fully saturated rings. The maximum absolute atomic E-state index is 9.55. The van der Waals surface area contributed by atoms with E-state index in [9.17, 15) is 5.11 Å². The maximum Gasteiger partial charge on any atom is 0.0716 e. The van der Waals surface area contributed by atoms with Crippen LogP contribution >= 0.6 is 12.4 Å². The lowest BCUT2D eigenvalue weighted by molar-refractivity contribution is 0.146. The molecule has 1 aliphatic rings. The van der Waals surface area contributed by atoms with Gasteiger partial charge in [-0.25, -0.2) is 0 Å². The van der Waals surface area contributed by atoms with Gasteiger partial charge in [0.25, 0.3) is 0 Å². The predicted octanol–water partition coefficient (Wildman–Crippen LogP) is 1.01. The van der Waals surface area contributed by atoms with Gasteiger partial charge in [-0.15, -0.1) is 12.4 Å².